The van der Waals surface area contributed by atoms with E-state index in [2.05, 4.69) is 30.1 Å². The van der Waals surface area contributed by atoms with Gasteiger partial charge in [0.15, 0.2) is 0 Å². The predicted octanol–water partition coefficient (Wildman–Crippen LogP) is 4.50. The Kier molecular flexibility index (Phi) is 6.57. The van der Waals surface area contributed by atoms with Crippen molar-refractivity contribution in [3.05, 3.63) is 63.4 Å². The molecular weight excluding hydrogens is 379 g/mol. The monoisotopic (exact) mass is 404 g/mol. The van der Waals surface area contributed by atoms with Crippen molar-refractivity contribution in [3.63, 3.8) is 0 Å². The molecule has 1 fully saturated rings. The maximum absolute atomic E-state index is 13.3. The van der Waals surface area contributed by atoms with Gasteiger partial charge in [-0.1, -0.05) is 17.7 Å². The average Bonchev–Trinajstić information content (AvgIpc) is 2.69. The second-order valence-corrected chi connectivity index (χ2v) is 7.74. The number of amides is 1. The van der Waals surface area contributed by atoms with Gasteiger partial charge in [0.2, 0.25) is 0 Å². The number of halogens is 2. The third-order valence-electron chi connectivity index (χ3n) is 5.57. The summed E-state index contributed by atoms with van der Waals surface area (Å²) in [6.45, 7) is 6.94. The third-order valence-corrected chi connectivity index (χ3v) is 5.86. The number of nitrogens with one attached hydrogen (secondary N) is 1. The SMILES string of the molecule is COc1ccc(CN2CCC(NC(=O)c3ccc(F)c(Cl)c3)CC2)c(C)c1C. The van der Waals surface area contributed by atoms with Gasteiger partial charge in [-0.3, -0.25) is 9.69 Å². The maximum atomic E-state index is 13.3. The number of benzene rings is 2. The number of methoxy groups -OCH3 is 1. The molecule has 4 nitrogen and oxygen atoms in total. The van der Waals surface area contributed by atoms with Gasteiger partial charge in [0, 0.05) is 31.2 Å². The average molecular weight is 405 g/mol. The molecule has 0 unspecified atom stereocenters. The van der Waals surface area contributed by atoms with Crippen LogP contribution in [0.25, 0.3) is 0 Å². The Morgan fingerprint density at radius 2 is 1.93 bits per heavy atom. The summed E-state index contributed by atoms with van der Waals surface area (Å²) in [6.07, 6.45) is 1.77. The van der Waals surface area contributed by atoms with E-state index in [4.69, 9.17) is 16.3 Å². The first-order valence-corrected chi connectivity index (χ1v) is 9.88. The van der Waals surface area contributed by atoms with Crippen molar-refractivity contribution in [1.29, 1.82) is 0 Å². The molecule has 2 aromatic carbocycles. The van der Waals surface area contributed by atoms with E-state index in [0.29, 0.717) is 5.56 Å². The Balaban J connectivity index is 1.54. The molecule has 0 radical (unpaired) electrons. The molecule has 1 aliphatic rings. The minimum atomic E-state index is -0.518. The molecule has 150 valence electrons. The lowest BCUT2D eigenvalue weighted by Crippen LogP contribution is -2.44. The van der Waals surface area contributed by atoms with Gasteiger partial charge in [-0.25, -0.2) is 4.39 Å². The summed E-state index contributed by atoms with van der Waals surface area (Å²) in [4.78, 5) is 14.8. The van der Waals surface area contributed by atoms with Crippen molar-refractivity contribution < 1.29 is 13.9 Å². The quantitative estimate of drug-likeness (QED) is 0.797. The zero-order valence-electron chi connectivity index (χ0n) is 16.5. The highest BCUT2D eigenvalue weighted by atomic mass is 35.5. The normalized spacial score (nSPS) is 15.5. The number of carbonyl (C=O) groups is 1. The van der Waals surface area contributed by atoms with E-state index in [1.165, 1.54) is 34.9 Å². The molecule has 6 heteroatoms. The van der Waals surface area contributed by atoms with E-state index in [9.17, 15) is 9.18 Å². The zero-order chi connectivity index (χ0) is 20.3. The number of nitrogens with zero attached hydrogens (tertiary/aromatic N) is 1. The van der Waals surface area contributed by atoms with Gasteiger partial charge in [-0.2, -0.15) is 0 Å². The summed E-state index contributed by atoms with van der Waals surface area (Å²) in [5.41, 5.74) is 4.14. The van der Waals surface area contributed by atoms with Crippen LogP contribution in [-0.2, 0) is 6.54 Å². The van der Waals surface area contributed by atoms with Gasteiger partial charge in [-0.15, -0.1) is 0 Å². The highest BCUT2D eigenvalue weighted by molar-refractivity contribution is 6.31. The molecule has 0 bridgehead atoms. The summed E-state index contributed by atoms with van der Waals surface area (Å²) >= 11 is 5.77. The fraction of sp³-hybridized carbons (Fsp3) is 0.409. The van der Waals surface area contributed by atoms with Gasteiger partial charge in [0.1, 0.15) is 11.6 Å². The maximum Gasteiger partial charge on any atom is 0.251 e. The van der Waals surface area contributed by atoms with E-state index in [1.54, 1.807) is 7.11 Å². The standard InChI is InChI=1S/C22H26ClFN2O2/c1-14-15(2)21(28-3)7-5-17(14)13-26-10-8-18(9-11-26)25-22(27)16-4-6-20(24)19(23)12-16/h4-7,12,18H,8-11,13H2,1-3H3,(H,25,27). The first-order chi connectivity index (χ1) is 13.4. The highest BCUT2D eigenvalue weighted by Gasteiger charge is 2.22. The van der Waals surface area contributed by atoms with Gasteiger partial charge in [-0.05, 0) is 67.6 Å². The molecule has 1 saturated heterocycles. The Morgan fingerprint density at radius 1 is 1.21 bits per heavy atom. The van der Waals surface area contributed by atoms with Crippen LogP contribution in [0.15, 0.2) is 30.3 Å². The molecule has 3 rings (SSSR count). The van der Waals surface area contributed by atoms with Crippen LogP contribution in [0.2, 0.25) is 5.02 Å². The minimum Gasteiger partial charge on any atom is -0.496 e. The molecule has 0 aromatic heterocycles. The Morgan fingerprint density at radius 3 is 2.57 bits per heavy atom. The van der Waals surface area contributed by atoms with Crippen LogP contribution in [0.5, 0.6) is 5.75 Å². The molecule has 0 saturated carbocycles. The summed E-state index contributed by atoms with van der Waals surface area (Å²) in [6, 6.07) is 8.33. The molecule has 0 atom stereocenters. The van der Waals surface area contributed by atoms with E-state index >= 15 is 0 Å². The Labute approximate surface area is 170 Å². The van der Waals surface area contributed by atoms with Gasteiger partial charge in [0.05, 0.1) is 12.1 Å². The summed E-state index contributed by atoms with van der Waals surface area (Å²) in [5, 5.41) is 3.00. The Hall–Kier alpha value is -2.11. The molecule has 0 spiro atoms. The van der Waals surface area contributed by atoms with Gasteiger partial charge in [0.25, 0.3) is 5.91 Å². The highest BCUT2D eigenvalue weighted by Crippen LogP contribution is 2.25. The second-order valence-electron chi connectivity index (χ2n) is 7.33. The van der Waals surface area contributed by atoms with Crippen molar-refractivity contribution in [2.45, 2.75) is 39.3 Å². The predicted molar refractivity (Wildman–Crippen MR) is 110 cm³/mol. The Bertz CT molecular complexity index is 864. The fourth-order valence-electron chi connectivity index (χ4n) is 3.63. The lowest BCUT2D eigenvalue weighted by molar-refractivity contribution is 0.0909. The van der Waals surface area contributed by atoms with E-state index in [-0.39, 0.29) is 17.0 Å². The van der Waals surface area contributed by atoms with Gasteiger partial charge >= 0.3 is 0 Å². The molecule has 1 amide bonds. The summed E-state index contributed by atoms with van der Waals surface area (Å²) < 4.78 is 18.7. The number of ether oxygens (including phenoxy) is 1. The molecule has 2 aromatic rings. The number of rotatable bonds is 5. The molecular formula is C22H26ClFN2O2. The van der Waals surface area contributed by atoms with Crippen LogP contribution in [0, 0.1) is 19.7 Å². The number of hydrogen-bond donors (Lipinski definition) is 1. The van der Waals surface area contributed by atoms with Crippen molar-refractivity contribution in [3.8, 4) is 5.75 Å². The number of likely N-dealkylation sites (tertiary alicyclic amines) is 1. The van der Waals surface area contributed by atoms with Crippen LogP contribution in [-0.4, -0.2) is 37.0 Å². The number of carbonyl (C=O) groups excluding carboxylic acids is 1. The van der Waals surface area contributed by atoms with Crippen LogP contribution < -0.4 is 10.1 Å². The number of piperidine rings is 1. The topological polar surface area (TPSA) is 41.6 Å². The second kappa shape index (κ2) is 8.93. The van der Waals surface area contributed by atoms with Crippen LogP contribution in [0.3, 0.4) is 0 Å². The summed E-state index contributed by atoms with van der Waals surface area (Å²) in [5.74, 6) is 0.195. The van der Waals surface area contributed by atoms with Crippen LogP contribution >= 0.6 is 11.6 Å². The van der Waals surface area contributed by atoms with Crippen molar-refractivity contribution in [2.24, 2.45) is 0 Å². The van der Waals surface area contributed by atoms with E-state index in [0.717, 1.165) is 38.2 Å². The molecule has 1 heterocycles. The fourth-order valence-corrected chi connectivity index (χ4v) is 3.81. The van der Waals surface area contributed by atoms with E-state index < -0.39 is 5.82 Å². The van der Waals surface area contributed by atoms with Crippen LogP contribution in [0.4, 0.5) is 4.39 Å². The van der Waals surface area contributed by atoms with Crippen molar-refractivity contribution >= 4 is 17.5 Å². The zero-order valence-corrected chi connectivity index (χ0v) is 17.3. The molecule has 1 N–H and O–H groups in total. The molecule has 1 aliphatic heterocycles. The minimum absolute atomic E-state index is 0.0346. The summed E-state index contributed by atoms with van der Waals surface area (Å²) in [7, 11) is 1.69. The third kappa shape index (κ3) is 4.65. The van der Waals surface area contributed by atoms with Crippen molar-refractivity contribution in [2.75, 3.05) is 20.2 Å². The number of hydrogen-bond acceptors (Lipinski definition) is 3. The largest absolute Gasteiger partial charge is 0.496 e. The van der Waals surface area contributed by atoms with E-state index in [1.807, 2.05) is 6.07 Å². The van der Waals surface area contributed by atoms with Gasteiger partial charge < -0.3 is 10.1 Å². The molecule has 0 aliphatic carbocycles. The smallest absolute Gasteiger partial charge is 0.251 e. The first kappa shape index (κ1) is 20.6. The van der Waals surface area contributed by atoms with Crippen molar-refractivity contribution in [1.82, 2.24) is 10.2 Å². The first-order valence-electron chi connectivity index (χ1n) is 9.50. The lowest BCUT2D eigenvalue weighted by atomic mass is 9.99. The molecule has 28 heavy (non-hydrogen) atoms. The van der Waals surface area contributed by atoms with Crippen LogP contribution in [0.1, 0.15) is 39.9 Å². The lowest BCUT2D eigenvalue weighted by Gasteiger charge is -2.33.